The summed E-state index contributed by atoms with van der Waals surface area (Å²) in [5, 5.41) is 0. The Morgan fingerprint density at radius 3 is 2.00 bits per heavy atom. The zero-order valence-corrected chi connectivity index (χ0v) is 10.5. The molecule has 0 aliphatic rings. The summed E-state index contributed by atoms with van der Waals surface area (Å²) in [4.78, 5) is 1.39. The van der Waals surface area contributed by atoms with Gasteiger partial charge in [-0.1, -0.05) is 20.3 Å². The minimum atomic E-state index is -4.15. The molecule has 0 amide bonds. The van der Waals surface area contributed by atoms with Gasteiger partial charge in [-0.25, -0.2) is 0 Å². The van der Waals surface area contributed by atoms with Crippen LogP contribution in [0.4, 0.5) is 13.2 Å². The van der Waals surface area contributed by atoms with Gasteiger partial charge in [0.1, 0.15) is 0 Å². The smallest absolute Gasteiger partial charge is 0.326 e. The third kappa shape index (κ3) is 6.33. The van der Waals surface area contributed by atoms with Crippen molar-refractivity contribution >= 4 is 0 Å². The summed E-state index contributed by atoms with van der Waals surface area (Å²) >= 11 is 0. The Bertz CT molecular complexity index is 192. The average Bonchev–Trinajstić information content (AvgIpc) is 2.13. The Hall–Kier alpha value is -0.290. The fourth-order valence-electron chi connectivity index (χ4n) is 1.44. The monoisotopic (exact) mass is 240 g/mol. The lowest BCUT2D eigenvalue weighted by molar-refractivity contribution is -0.150. The van der Waals surface area contributed by atoms with Gasteiger partial charge >= 0.3 is 6.18 Å². The Morgan fingerprint density at radius 1 is 1.19 bits per heavy atom. The van der Waals surface area contributed by atoms with Crippen LogP contribution in [0.25, 0.3) is 0 Å². The quantitative estimate of drug-likeness (QED) is 0.773. The van der Waals surface area contributed by atoms with Crippen LogP contribution in [0.15, 0.2) is 0 Å². The predicted octanol–water partition coefficient (Wildman–Crippen LogP) is 2.63. The third-order valence-electron chi connectivity index (χ3n) is 2.93. The molecule has 0 radical (unpaired) electrons. The van der Waals surface area contributed by atoms with E-state index in [-0.39, 0.29) is 18.0 Å². The van der Waals surface area contributed by atoms with Crippen molar-refractivity contribution < 1.29 is 13.2 Å². The summed E-state index contributed by atoms with van der Waals surface area (Å²) in [6.45, 7) is 6.90. The van der Waals surface area contributed by atoms with Crippen LogP contribution in [0, 0.1) is 5.92 Å². The van der Waals surface area contributed by atoms with E-state index >= 15 is 0 Å². The van der Waals surface area contributed by atoms with E-state index in [2.05, 4.69) is 0 Å². The van der Waals surface area contributed by atoms with Crippen molar-refractivity contribution in [1.29, 1.82) is 0 Å². The Labute approximate surface area is 96.0 Å². The molecule has 2 nitrogen and oxygen atoms in total. The molecular weight excluding hydrogens is 217 g/mol. The molecule has 0 aromatic carbocycles. The molecule has 0 aromatic rings. The second kappa shape index (κ2) is 6.45. The second-order valence-corrected chi connectivity index (χ2v) is 4.69. The molecule has 0 bridgehead atoms. The summed E-state index contributed by atoms with van der Waals surface area (Å²) in [5.41, 5.74) is 5.88. The maximum absolute atomic E-state index is 12.3. The molecule has 0 rings (SSSR count). The topological polar surface area (TPSA) is 29.3 Å². The van der Waals surface area contributed by atoms with Gasteiger partial charge in [-0.3, -0.25) is 4.90 Å². The van der Waals surface area contributed by atoms with E-state index in [0.29, 0.717) is 6.54 Å². The van der Waals surface area contributed by atoms with Crippen LogP contribution >= 0.6 is 0 Å². The highest BCUT2D eigenvalue weighted by Crippen LogP contribution is 2.19. The van der Waals surface area contributed by atoms with Gasteiger partial charge in [0.25, 0.3) is 0 Å². The first-order chi connectivity index (χ1) is 7.17. The molecule has 0 fully saturated rings. The van der Waals surface area contributed by atoms with E-state index in [1.807, 2.05) is 13.8 Å². The van der Waals surface area contributed by atoms with Gasteiger partial charge in [0.05, 0.1) is 6.54 Å². The lowest BCUT2D eigenvalue weighted by Crippen LogP contribution is -2.47. The second-order valence-electron chi connectivity index (χ2n) is 4.69. The van der Waals surface area contributed by atoms with E-state index in [1.165, 1.54) is 4.90 Å². The molecule has 0 spiro atoms. The summed E-state index contributed by atoms with van der Waals surface area (Å²) in [5.74, 6) is 0.245. The molecule has 16 heavy (non-hydrogen) atoms. The van der Waals surface area contributed by atoms with Gasteiger partial charge in [-0.05, 0) is 19.8 Å². The Kier molecular flexibility index (Phi) is 6.33. The van der Waals surface area contributed by atoms with Crippen molar-refractivity contribution in [1.82, 2.24) is 4.90 Å². The molecular formula is C11H23F3N2. The molecule has 2 atom stereocenters. The number of rotatable bonds is 6. The van der Waals surface area contributed by atoms with Gasteiger partial charge in [0, 0.05) is 18.6 Å². The maximum atomic E-state index is 12.3. The summed E-state index contributed by atoms with van der Waals surface area (Å²) in [6.07, 6.45) is -3.27. The highest BCUT2D eigenvalue weighted by atomic mass is 19.4. The molecule has 98 valence electrons. The zero-order valence-electron chi connectivity index (χ0n) is 10.5. The molecule has 0 saturated carbocycles. The SMILES string of the molecule is CCC(C)C(N)CN(CC(F)(F)F)C(C)C. The van der Waals surface area contributed by atoms with Crippen molar-refractivity contribution in [2.45, 2.75) is 52.4 Å². The van der Waals surface area contributed by atoms with Gasteiger partial charge in [-0.15, -0.1) is 0 Å². The van der Waals surface area contributed by atoms with Crippen molar-refractivity contribution in [3.63, 3.8) is 0 Å². The fourth-order valence-corrected chi connectivity index (χ4v) is 1.44. The average molecular weight is 240 g/mol. The van der Waals surface area contributed by atoms with Crippen molar-refractivity contribution in [3.8, 4) is 0 Å². The minimum Gasteiger partial charge on any atom is -0.326 e. The minimum absolute atomic E-state index is 0.142. The van der Waals surface area contributed by atoms with E-state index in [4.69, 9.17) is 5.73 Å². The first-order valence-corrected chi connectivity index (χ1v) is 5.73. The van der Waals surface area contributed by atoms with Crippen LogP contribution in [0.5, 0.6) is 0 Å². The number of alkyl halides is 3. The largest absolute Gasteiger partial charge is 0.401 e. The molecule has 2 unspecified atom stereocenters. The molecule has 0 heterocycles. The molecule has 2 N–H and O–H groups in total. The van der Waals surface area contributed by atoms with Crippen molar-refractivity contribution in [2.75, 3.05) is 13.1 Å². The standard InChI is InChI=1S/C11H23F3N2/c1-5-9(4)10(15)6-16(8(2)3)7-11(12,13)14/h8-10H,5-7,15H2,1-4H3. The number of hydrogen-bond acceptors (Lipinski definition) is 2. The number of halogens is 3. The summed E-state index contributed by atoms with van der Waals surface area (Å²) in [6, 6.07) is -0.341. The lowest BCUT2D eigenvalue weighted by Gasteiger charge is -2.31. The van der Waals surface area contributed by atoms with Crippen LogP contribution in [0.1, 0.15) is 34.1 Å². The van der Waals surface area contributed by atoms with Crippen LogP contribution in [-0.4, -0.2) is 36.2 Å². The van der Waals surface area contributed by atoms with Gasteiger partial charge in [0.15, 0.2) is 0 Å². The van der Waals surface area contributed by atoms with E-state index in [9.17, 15) is 13.2 Å². The van der Waals surface area contributed by atoms with Crippen molar-refractivity contribution in [3.05, 3.63) is 0 Å². The molecule has 0 aliphatic heterocycles. The zero-order chi connectivity index (χ0) is 12.9. The van der Waals surface area contributed by atoms with Crippen molar-refractivity contribution in [2.24, 2.45) is 11.7 Å². The summed E-state index contributed by atoms with van der Waals surface area (Å²) < 4.78 is 37.0. The first-order valence-electron chi connectivity index (χ1n) is 5.73. The van der Waals surface area contributed by atoms with E-state index in [1.54, 1.807) is 13.8 Å². The Balaban J connectivity index is 4.34. The van der Waals surface area contributed by atoms with Gasteiger partial charge in [-0.2, -0.15) is 13.2 Å². The van der Waals surface area contributed by atoms with Crippen LogP contribution in [-0.2, 0) is 0 Å². The number of hydrogen-bond donors (Lipinski definition) is 1. The maximum Gasteiger partial charge on any atom is 0.401 e. The first kappa shape index (κ1) is 15.7. The molecule has 0 aliphatic carbocycles. The molecule has 0 saturated heterocycles. The highest BCUT2D eigenvalue weighted by molar-refractivity contribution is 4.76. The summed E-state index contributed by atoms with van der Waals surface area (Å²) in [7, 11) is 0. The van der Waals surface area contributed by atoms with Gasteiger partial charge < -0.3 is 5.73 Å². The molecule has 5 heteroatoms. The lowest BCUT2D eigenvalue weighted by atomic mass is 9.99. The number of nitrogens with zero attached hydrogens (tertiary/aromatic N) is 1. The van der Waals surface area contributed by atoms with Crippen LogP contribution in [0.3, 0.4) is 0 Å². The van der Waals surface area contributed by atoms with Gasteiger partial charge in [0.2, 0.25) is 0 Å². The van der Waals surface area contributed by atoms with Crippen LogP contribution in [0.2, 0.25) is 0 Å². The van der Waals surface area contributed by atoms with E-state index in [0.717, 1.165) is 6.42 Å². The third-order valence-corrected chi connectivity index (χ3v) is 2.93. The van der Waals surface area contributed by atoms with Crippen LogP contribution < -0.4 is 5.73 Å². The highest BCUT2D eigenvalue weighted by Gasteiger charge is 2.32. The van der Waals surface area contributed by atoms with E-state index < -0.39 is 12.7 Å². The molecule has 0 aromatic heterocycles. The Morgan fingerprint density at radius 2 is 1.69 bits per heavy atom. The fraction of sp³-hybridized carbons (Fsp3) is 1.00. The predicted molar refractivity (Wildman–Crippen MR) is 60.2 cm³/mol. The number of nitrogens with two attached hydrogens (primary N) is 1. The normalized spacial score (nSPS) is 16.9.